The van der Waals surface area contributed by atoms with Crippen LogP contribution in [0.25, 0.3) is 5.69 Å². The molecule has 3 aromatic rings. The Labute approximate surface area is 169 Å². The molecule has 1 saturated heterocycles. The van der Waals surface area contributed by atoms with Gasteiger partial charge in [0, 0.05) is 30.8 Å². The standard InChI is InChI=1S/C22H23N5O2/c28-21(18-7-3-1-4-8-18)24-22(29)26-13-11-17(12-14-26)15-20-25-23-16-27(20)19-9-5-2-6-10-19/h1-10,16-17H,11-15H2,(H,24,28,29). The summed E-state index contributed by atoms with van der Waals surface area (Å²) < 4.78 is 2.01. The number of nitrogens with one attached hydrogen (secondary N) is 1. The van der Waals surface area contributed by atoms with Crippen LogP contribution >= 0.6 is 0 Å². The zero-order valence-electron chi connectivity index (χ0n) is 16.1. The third-order valence-corrected chi connectivity index (χ3v) is 5.28. The van der Waals surface area contributed by atoms with E-state index in [-0.39, 0.29) is 11.9 Å². The van der Waals surface area contributed by atoms with Gasteiger partial charge in [0.05, 0.1) is 0 Å². The van der Waals surface area contributed by atoms with Gasteiger partial charge in [-0.15, -0.1) is 10.2 Å². The SMILES string of the molecule is O=C(NC(=O)N1CCC(Cc2nncn2-c2ccccc2)CC1)c1ccccc1. The monoisotopic (exact) mass is 389 g/mol. The quantitative estimate of drug-likeness (QED) is 0.744. The molecular formula is C22H23N5O2. The summed E-state index contributed by atoms with van der Waals surface area (Å²) in [4.78, 5) is 26.3. The van der Waals surface area contributed by atoms with Crippen LogP contribution in [0.3, 0.4) is 0 Å². The number of carbonyl (C=O) groups is 2. The van der Waals surface area contributed by atoms with Gasteiger partial charge in [0.25, 0.3) is 5.91 Å². The highest BCUT2D eigenvalue weighted by atomic mass is 16.2. The van der Waals surface area contributed by atoms with Gasteiger partial charge in [0.2, 0.25) is 0 Å². The molecule has 0 atom stereocenters. The molecule has 7 heteroatoms. The Kier molecular flexibility index (Phi) is 5.65. The average molecular weight is 389 g/mol. The number of aromatic nitrogens is 3. The van der Waals surface area contributed by atoms with Gasteiger partial charge in [0.15, 0.2) is 0 Å². The van der Waals surface area contributed by atoms with Crippen molar-refractivity contribution in [3.05, 3.63) is 78.4 Å². The molecule has 148 valence electrons. The molecule has 0 bridgehead atoms. The van der Waals surface area contributed by atoms with Gasteiger partial charge >= 0.3 is 6.03 Å². The summed E-state index contributed by atoms with van der Waals surface area (Å²) in [6.45, 7) is 1.25. The Hall–Kier alpha value is -3.48. The zero-order chi connectivity index (χ0) is 20.1. The lowest BCUT2D eigenvalue weighted by atomic mass is 9.93. The number of rotatable bonds is 4. The van der Waals surface area contributed by atoms with Gasteiger partial charge in [-0.25, -0.2) is 4.79 Å². The topological polar surface area (TPSA) is 80.1 Å². The first-order chi connectivity index (χ1) is 14.2. The van der Waals surface area contributed by atoms with Gasteiger partial charge < -0.3 is 4.90 Å². The van der Waals surface area contributed by atoms with Gasteiger partial charge in [-0.1, -0.05) is 36.4 Å². The van der Waals surface area contributed by atoms with Crippen LogP contribution in [-0.2, 0) is 6.42 Å². The molecule has 1 aliphatic heterocycles. The van der Waals surface area contributed by atoms with Gasteiger partial charge in [0.1, 0.15) is 12.2 Å². The van der Waals surface area contributed by atoms with Crippen LogP contribution in [-0.4, -0.2) is 44.7 Å². The van der Waals surface area contributed by atoms with Crippen LogP contribution in [0.2, 0.25) is 0 Å². The summed E-state index contributed by atoms with van der Waals surface area (Å²) in [6, 6.07) is 18.5. The number of hydrogen-bond donors (Lipinski definition) is 1. The molecule has 2 heterocycles. The fourth-order valence-electron chi connectivity index (χ4n) is 3.64. The molecule has 0 radical (unpaired) electrons. The van der Waals surface area contributed by atoms with E-state index in [4.69, 9.17) is 0 Å². The lowest BCUT2D eigenvalue weighted by molar-refractivity contribution is 0.0945. The average Bonchev–Trinajstić information content (AvgIpc) is 3.23. The minimum Gasteiger partial charge on any atom is -0.324 e. The molecule has 7 nitrogen and oxygen atoms in total. The number of amides is 3. The number of para-hydroxylation sites is 1. The van der Waals surface area contributed by atoms with Gasteiger partial charge in [-0.3, -0.25) is 14.7 Å². The normalized spacial score (nSPS) is 14.6. The van der Waals surface area contributed by atoms with E-state index in [1.54, 1.807) is 35.5 Å². The second kappa shape index (κ2) is 8.68. The molecule has 0 spiro atoms. The number of imide groups is 1. The lowest BCUT2D eigenvalue weighted by Crippen LogP contribution is -2.46. The molecule has 0 saturated carbocycles. The number of carbonyl (C=O) groups excluding carboxylic acids is 2. The van der Waals surface area contributed by atoms with Crippen molar-refractivity contribution in [3.63, 3.8) is 0 Å². The van der Waals surface area contributed by atoms with E-state index in [2.05, 4.69) is 15.5 Å². The van der Waals surface area contributed by atoms with Crippen molar-refractivity contribution in [3.8, 4) is 5.69 Å². The first kappa shape index (κ1) is 18.9. The number of likely N-dealkylation sites (tertiary alicyclic amines) is 1. The van der Waals surface area contributed by atoms with Gasteiger partial charge in [-0.2, -0.15) is 0 Å². The summed E-state index contributed by atoms with van der Waals surface area (Å²) >= 11 is 0. The third kappa shape index (κ3) is 4.51. The van der Waals surface area contributed by atoms with E-state index in [1.165, 1.54) is 0 Å². The molecule has 1 N–H and O–H groups in total. The predicted molar refractivity (Wildman–Crippen MR) is 109 cm³/mol. The second-order valence-electron chi connectivity index (χ2n) is 7.21. The van der Waals surface area contributed by atoms with Crippen LogP contribution in [0, 0.1) is 5.92 Å². The van der Waals surface area contributed by atoms with E-state index in [0.29, 0.717) is 24.6 Å². The highest BCUT2D eigenvalue weighted by Crippen LogP contribution is 2.22. The number of nitrogens with zero attached hydrogens (tertiary/aromatic N) is 4. The maximum Gasteiger partial charge on any atom is 0.324 e. The number of benzene rings is 2. The van der Waals surface area contributed by atoms with Crippen molar-refractivity contribution >= 4 is 11.9 Å². The first-order valence-corrected chi connectivity index (χ1v) is 9.80. The number of urea groups is 1. The molecule has 2 aromatic carbocycles. The maximum absolute atomic E-state index is 12.4. The Morgan fingerprint density at radius 1 is 0.966 bits per heavy atom. The minimum atomic E-state index is -0.367. The largest absolute Gasteiger partial charge is 0.324 e. The molecule has 29 heavy (non-hydrogen) atoms. The smallest absolute Gasteiger partial charge is 0.324 e. The Morgan fingerprint density at radius 3 is 2.31 bits per heavy atom. The van der Waals surface area contributed by atoms with Crippen LogP contribution in [0.15, 0.2) is 67.0 Å². The Balaban J connectivity index is 1.31. The summed E-state index contributed by atoms with van der Waals surface area (Å²) in [5.41, 5.74) is 1.53. The number of piperidine rings is 1. The predicted octanol–water partition coefficient (Wildman–Crippen LogP) is 3.07. The molecule has 1 aliphatic rings. The maximum atomic E-state index is 12.4. The zero-order valence-corrected chi connectivity index (χ0v) is 16.1. The Bertz CT molecular complexity index is 963. The summed E-state index contributed by atoms with van der Waals surface area (Å²) in [6.07, 6.45) is 4.29. The van der Waals surface area contributed by atoms with Crippen molar-refractivity contribution in [2.45, 2.75) is 19.3 Å². The third-order valence-electron chi connectivity index (χ3n) is 5.28. The van der Waals surface area contributed by atoms with Crippen LogP contribution in [0.4, 0.5) is 4.79 Å². The first-order valence-electron chi connectivity index (χ1n) is 9.80. The van der Waals surface area contributed by atoms with Crippen molar-refractivity contribution in [2.75, 3.05) is 13.1 Å². The second-order valence-corrected chi connectivity index (χ2v) is 7.21. The van der Waals surface area contributed by atoms with E-state index in [1.807, 2.05) is 41.0 Å². The molecule has 4 rings (SSSR count). The molecule has 1 aromatic heterocycles. The van der Waals surface area contributed by atoms with Crippen LogP contribution in [0.1, 0.15) is 29.0 Å². The molecule has 1 fully saturated rings. The summed E-state index contributed by atoms with van der Waals surface area (Å²) in [5.74, 6) is 0.989. The number of hydrogen-bond acceptors (Lipinski definition) is 4. The highest BCUT2D eigenvalue weighted by Gasteiger charge is 2.25. The highest BCUT2D eigenvalue weighted by molar-refractivity contribution is 6.04. The molecular weight excluding hydrogens is 366 g/mol. The van der Waals surface area contributed by atoms with Crippen LogP contribution in [0.5, 0.6) is 0 Å². The van der Waals surface area contributed by atoms with Crippen molar-refractivity contribution in [2.24, 2.45) is 5.92 Å². The van der Waals surface area contributed by atoms with Crippen molar-refractivity contribution in [1.29, 1.82) is 0 Å². The van der Waals surface area contributed by atoms with E-state index in [0.717, 1.165) is 30.8 Å². The lowest BCUT2D eigenvalue weighted by Gasteiger charge is -2.31. The molecule has 0 aliphatic carbocycles. The summed E-state index contributed by atoms with van der Waals surface area (Å²) in [5, 5.41) is 10.8. The Morgan fingerprint density at radius 2 is 1.62 bits per heavy atom. The minimum absolute atomic E-state index is 0.329. The van der Waals surface area contributed by atoms with E-state index < -0.39 is 0 Å². The van der Waals surface area contributed by atoms with Crippen molar-refractivity contribution in [1.82, 2.24) is 25.0 Å². The van der Waals surface area contributed by atoms with E-state index in [9.17, 15) is 9.59 Å². The summed E-state index contributed by atoms with van der Waals surface area (Å²) in [7, 11) is 0. The van der Waals surface area contributed by atoms with Crippen LogP contribution < -0.4 is 5.32 Å². The van der Waals surface area contributed by atoms with E-state index >= 15 is 0 Å². The fraction of sp³-hybridized carbons (Fsp3) is 0.273. The van der Waals surface area contributed by atoms with Gasteiger partial charge in [-0.05, 0) is 43.0 Å². The fourth-order valence-corrected chi connectivity index (χ4v) is 3.64. The van der Waals surface area contributed by atoms with Crippen molar-refractivity contribution < 1.29 is 9.59 Å². The molecule has 3 amide bonds. The molecule has 0 unspecified atom stereocenters.